The van der Waals surface area contributed by atoms with Crippen molar-refractivity contribution in [3.05, 3.63) is 63.4 Å². The van der Waals surface area contributed by atoms with Crippen molar-refractivity contribution in [3.8, 4) is 0 Å². The second kappa shape index (κ2) is 5.15. The van der Waals surface area contributed by atoms with Crippen molar-refractivity contribution in [3.63, 3.8) is 0 Å². The summed E-state index contributed by atoms with van der Waals surface area (Å²) in [4.78, 5) is 9.86. The SMILES string of the molecule is CNC(c1ccc([N+](=O)[O-])o1)c1ccc(F)cc1F. The first-order valence-electron chi connectivity index (χ1n) is 5.39. The summed E-state index contributed by atoms with van der Waals surface area (Å²) in [6.45, 7) is 0. The van der Waals surface area contributed by atoms with Crippen LogP contribution in [0.25, 0.3) is 0 Å². The molecule has 0 aliphatic heterocycles. The fourth-order valence-electron chi connectivity index (χ4n) is 1.78. The van der Waals surface area contributed by atoms with Crippen LogP contribution in [0, 0.1) is 21.7 Å². The van der Waals surface area contributed by atoms with Gasteiger partial charge in [-0.2, -0.15) is 0 Å². The van der Waals surface area contributed by atoms with E-state index in [0.717, 1.165) is 12.1 Å². The van der Waals surface area contributed by atoms with Gasteiger partial charge in [0, 0.05) is 11.6 Å². The van der Waals surface area contributed by atoms with Gasteiger partial charge < -0.3 is 9.73 Å². The first kappa shape index (κ1) is 13.2. The molecule has 0 fully saturated rings. The molecule has 5 nitrogen and oxygen atoms in total. The molecule has 0 saturated heterocycles. The Hall–Kier alpha value is -2.28. The van der Waals surface area contributed by atoms with Crippen LogP contribution >= 0.6 is 0 Å². The predicted octanol–water partition coefficient (Wildman–Crippen LogP) is 2.77. The Kier molecular flexibility index (Phi) is 3.57. The lowest BCUT2D eigenvalue weighted by Crippen LogP contribution is -2.18. The van der Waals surface area contributed by atoms with E-state index in [1.807, 2.05) is 0 Å². The van der Waals surface area contributed by atoms with Gasteiger partial charge >= 0.3 is 5.88 Å². The largest absolute Gasteiger partial charge is 0.433 e. The van der Waals surface area contributed by atoms with Crippen LogP contribution in [0.15, 0.2) is 34.7 Å². The van der Waals surface area contributed by atoms with Gasteiger partial charge in [0.1, 0.15) is 22.3 Å². The quantitative estimate of drug-likeness (QED) is 0.683. The summed E-state index contributed by atoms with van der Waals surface area (Å²) in [5, 5.41) is 13.3. The lowest BCUT2D eigenvalue weighted by Gasteiger charge is -2.14. The Bertz CT molecular complexity index is 613. The molecule has 0 spiro atoms. The Morgan fingerprint density at radius 1 is 1.32 bits per heavy atom. The summed E-state index contributed by atoms with van der Waals surface area (Å²) in [5.41, 5.74) is 0.146. The molecule has 0 radical (unpaired) electrons. The molecule has 19 heavy (non-hydrogen) atoms. The van der Waals surface area contributed by atoms with E-state index >= 15 is 0 Å². The number of hydrogen-bond acceptors (Lipinski definition) is 4. The van der Waals surface area contributed by atoms with Gasteiger partial charge in [0.2, 0.25) is 0 Å². The molecule has 1 aromatic carbocycles. The number of nitrogens with zero attached hydrogens (tertiary/aromatic N) is 1. The molecule has 100 valence electrons. The third kappa shape index (κ3) is 2.60. The molecule has 0 aliphatic carbocycles. The zero-order chi connectivity index (χ0) is 14.0. The summed E-state index contributed by atoms with van der Waals surface area (Å²) in [6.07, 6.45) is 0. The first-order valence-corrected chi connectivity index (χ1v) is 5.39. The summed E-state index contributed by atoms with van der Waals surface area (Å²) >= 11 is 0. The van der Waals surface area contributed by atoms with Crippen molar-refractivity contribution < 1.29 is 18.1 Å². The molecule has 0 bridgehead atoms. The fraction of sp³-hybridized carbons (Fsp3) is 0.167. The minimum atomic E-state index is -0.751. The molecular formula is C12H10F2N2O3. The number of rotatable bonds is 4. The van der Waals surface area contributed by atoms with Crippen LogP contribution in [0.2, 0.25) is 0 Å². The molecule has 2 rings (SSSR count). The lowest BCUT2D eigenvalue weighted by atomic mass is 10.0. The van der Waals surface area contributed by atoms with Crippen LogP contribution in [-0.2, 0) is 0 Å². The van der Waals surface area contributed by atoms with Gasteiger partial charge in [0.05, 0.1) is 12.1 Å². The molecule has 1 N–H and O–H groups in total. The van der Waals surface area contributed by atoms with Crippen LogP contribution in [0.1, 0.15) is 17.4 Å². The summed E-state index contributed by atoms with van der Waals surface area (Å²) < 4.78 is 31.6. The molecule has 1 unspecified atom stereocenters. The minimum absolute atomic E-state index is 0.146. The average Bonchev–Trinajstić information content (AvgIpc) is 2.82. The Labute approximate surface area is 107 Å². The summed E-state index contributed by atoms with van der Waals surface area (Å²) in [6, 6.07) is 4.95. The van der Waals surface area contributed by atoms with E-state index in [2.05, 4.69) is 5.32 Å². The predicted molar refractivity (Wildman–Crippen MR) is 62.6 cm³/mol. The maximum absolute atomic E-state index is 13.7. The molecule has 1 heterocycles. The highest BCUT2D eigenvalue weighted by Crippen LogP contribution is 2.28. The number of hydrogen-bond donors (Lipinski definition) is 1. The molecule has 1 aromatic heterocycles. The van der Waals surface area contributed by atoms with Crippen molar-refractivity contribution in [1.29, 1.82) is 0 Å². The van der Waals surface area contributed by atoms with E-state index in [0.29, 0.717) is 0 Å². The average molecular weight is 268 g/mol. The molecule has 0 aliphatic rings. The van der Waals surface area contributed by atoms with Crippen molar-refractivity contribution in [2.45, 2.75) is 6.04 Å². The number of nitrogens with one attached hydrogen (secondary N) is 1. The van der Waals surface area contributed by atoms with Gasteiger partial charge in [-0.25, -0.2) is 8.78 Å². The smallest absolute Gasteiger partial charge is 0.404 e. The van der Waals surface area contributed by atoms with Crippen LogP contribution in [-0.4, -0.2) is 12.0 Å². The van der Waals surface area contributed by atoms with Gasteiger partial charge in [0.15, 0.2) is 0 Å². The zero-order valence-electron chi connectivity index (χ0n) is 9.89. The van der Waals surface area contributed by atoms with E-state index in [9.17, 15) is 18.9 Å². The molecule has 2 aromatic rings. The zero-order valence-corrected chi connectivity index (χ0v) is 9.89. The van der Waals surface area contributed by atoms with Crippen LogP contribution < -0.4 is 5.32 Å². The van der Waals surface area contributed by atoms with E-state index in [1.54, 1.807) is 7.05 Å². The van der Waals surface area contributed by atoms with Crippen molar-refractivity contribution >= 4 is 5.88 Å². The van der Waals surface area contributed by atoms with Gasteiger partial charge in [0.25, 0.3) is 0 Å². The second-order valence-electron chi connectivity index (χ2n) is 3.82. The van der Waals surface area contributed by atoms with Gasteiger partial charge in [-0.05, 0) is 19.2 Å². The van der Waals surface area contributed by atoms with Crippen LogP contribution in [0.4, 0.5) is 14.7 Å². The Morgan fingerprint density at radius 2 is 2.05 bits per heavy atom. The minimum Gasteiger partial charge on any atom is -0.404 e. The maximum Gasteiger partial charge on any atom is 0.433 e. The highest BCUT2D eigenvalue weighted by Gasteiger charge is 2.22. The third-order valence-electron chi connectivity index (χ3n) is 2.64. The normalized spacial score (nSPS) is 12.4. The molecule has 0 saturated carbocycles. The van der Waals surface area contributed by atoms with Crippen molar-refractivity contribution in [1.82, 2.24) is 5.32 Å². The molecular weight excluding hydrogens is 258 g/mol. The topological polar surface area (TPSA) is 68.3 Å². The standard InChI is InChI=1S/C12H10F2N2O3/c1-15-12(8-3-2-7(13)6-9(8)14)10-4-5-11(19-10)16(17)18/h2-6,12,15H,1H3. The summed E-state index contributed by atoms with van der Waals surface area (Å²) in [5.74, 6) is -1.70. The molecule has 1 atom stereocenters. The van der Waals surface area contributed by atoms with Gasteiger partial charge in [-0.3, -0.25) is 10.1 Å². The molecule has 7 heteroatoms. The van der Waals surface area contributed by atoms with Crippen molar-refractivity contribution in [2.24, 2.45) is 0 Å². The fourth-order valence-corrected chi connectivity index (χ4v) is 1.78. The van der Waals surface area contributed by atoms with Gasteiger partial charge in [-0.15, -0.1) is 0 Å². The van der Waals surface area contributed by atoms with Crippen LogP contribution in [0.5, 0.6) is 0 Å². The third-order valence-corrected chi connectivity index (χ3v) is 2.64. The highest BCUT2D eigenvalue weighted by molar-refractivity contribution is 5.31. The number of halogens is 2. The maximum atomic E-state index is 13.7. The lowest BCUT2D eigenvalue weighted by molar-refractivity contribution is -0.402. The monoisotopic (exact) mass is 268 g/mol. The van der Waals surface area contributed by atoms with E-state index in [-0.39, 0.29) is 11.3 Å². The van der Waals surface area contributed by atoms with Gasteiger partial charge in [-0.1, -0.05) is 6.07 Å². The van der Waals surface area contributed by atoms with E-state index in [1.165, 1.54) is 18.2 Å². The number of nitro groups is 1. The first-order chi connectivity index (χ1) is 9.02. The van der Waals surface area contributed by atoms with E-state index < -0.39 is 28.5 Å². The number of furan rings is 1. The van der Waals surface area contributed by atoms with Crippen molar-refractivity contribution in [2.75, 3.05) is 7.05 Å². The highest BCUT2D eigenvalue weighted by atomic mass is 19.1. The second-order valence-corrected chi connectivity index (χ2v) is 3.82. The molecule has 0 amide bonds. The summed E-state index contributed by atoms with van der Waals surface area (Å²) in [7, 11) is 1.54. The number of benzene rings is 1. The Balaban J connectivity index is 2.40. The van der Waals surface area contributed by atoms with Crippen LogP contribution in [0.3, 0.4) is 0 Å². The Morgan fingerprint density at radius 3 is 2.58 bits per heavy atom. The van der Waals surface area contributed by atoms with E-state index in [4.69, 9.17) is 4.42 Å².